The Kier molecular flexibility index (Phi) is 6.69. The van der Waals surface area contributed by atoms with Gasteiger partial charge in [-0.3, -0.25) is 4.79 Å². The molecule has 1 N–H and O–H groups in total. The largest absolute Gasteiger partial charge is 0.480 e. The highest BCUT2D eigenvalue weighted by Crippen LogP contribution is 2.27. The number of rotatable bonds is 2. The van der Waals surface area contributed by atoms with Crippen LogP contribution >= 0.6 is 13.5 Å². The summed E-state index contributed by atoms with van der Waals surface area (Å²) in [5.74, 6) is -0.668. The molecule has 0 radical (unpaired) electrons. The van der Waals surface area contributed by atoms with E-state index < -0.39 is 12.0 Å². The molecule has 0 aromatic rings. The fourth-order valence-corrected chi connectivity index (χ4v) is 3.22. The number of amides is 1. The lowest BCUT2D eigenvalue weighted by molar-refractivity contribution is -0.150. The first-order valence-corrected chi connectivity index (χ1v) is 7.23. The molecule has 110 valence electrons. The van der Waals surface area contributed by atoms with Gasteiger partial charge in [-0.1, -0.05) is 32.1 Å². The highest BCUT2D eigenvalue weighted by Gasteiger charge is 2.36. The van der Waals surface area contributed by atoms with Crippen LogP contribution in [0.15, 0.2) is 0 Å². The molecular formula is C14H25NO3S. The van der Waals surface area contributed by atoms with E-state index in [-0.39, 0.29) is 25.3 Å². The van der Waals surface area contributed by atoms with Crippen LogP contribution in [-0.4, -0.2) is 34.5 Å². The van der Waals surface area contributed by atoms with Crippen molar-refractivity contribution in [1.29, 1.82) is 0 Å². The van der Waals surface area contributed by atoms with Crippen molar-refractivity contribution in [2.24, 2.45) is 5.92 Å². The van der Waals surface area contributed by atoms with Gasteiger partial charge in [0.1, 0.15) is 6.04 Å². The van der Waals surface area contributed by atoms with Crippen LogP contribution in [-0.2, 0) is 9.59 Å². The van der Waals surface area contributed by atoms with Gasteiger partial charge in [0.2, 0.25) is 5.91 Å². The minimum atomic E-state index is -0.841. The fourth-order valence-electron chi connectivity index (χ4n) is 3.22. The first-order valence-electron chi connectivity index (χ1n) is 7.23. The Bertz CT molecular complexity index is 314. The molecule has 4 nitrogen and oxygen atoms in total. The van der Waals surface area contributed by atoms with E-state index in [4.69, 9.17) is 5.11 Å². The summed E-state index contributed by atoms with van der Waals surface area (Å²) in [6, 6.07) is -0.567. The third-order valence-electron chi connectivity index (χ3n) is 4.28. The Morgan fingerprint density at radius 3 is 2.05 bits per heavy atom. The Morgan fingerprint density at radius 1 is 0.895 bits per heavy atom. The zero-order chi connectivity index (χ0) is 13.0. The number of hydrogen-bond donors (Lipinski definition) is 1. The molecule has 1 aliphatic carbocycles. The van der Waals surface area contributed by atoms with Crippen molar-refractivity contribution in [1.82, 2.24) is 4.90 Å². The van der Waals surface area contributed by atoms with E-state index in [1.807, 2.05) is 0 Å². The number of carboxylic acid groups (broad SMARTS) is 1. The Morgan fingerprint density at radius 2 is 1.47 bits per heavy atom. The van der Waals surface area contributed by atoms with Gasteiger partial charge in [-0.2, -0.15) is 13.5 Å². The molecule has 1 unspecified atom stereocenters. The van der Waals surface area contributed by atoms with Gasteiger partial charge < -0.3 is 10.0 Å². The van der Waals surface area contributed by atoms with E-state index in [2.05, 4.69) is 0 Å². The van der Waals surface area contributed by atoms with E-state index >= 15 is 0 Å². The third-order valence-corrected chi connectivity index (χ3v) is 4.28. The molecule has 0 aromatic heterocycles. The molecule has 2 fully saturated rings. The minimum absolute atomic E-state index is 0. The first kappa shape index (κ1) is 16.3. The SMILES string of the molecule is O=C(O)C1CCCN1C(=O)C1CCCCCCC1.S. The molecular weight excluding hydrogens is 262 g/mol. The first-order chi connectivity index (χ1) is 8.70. The molecule has 1 atom stereocenters. The topological polar surface area (TPSA) is 57.6 Å². The summed E-state index contributed by atoms with van der Waals surface area (Å²) >= 11 is 0. The van der Waals surface area contributed by atoms with Crippen LogP contribution in [0.4, 0.5) is 0 Å². The van der Waals surface area contributed by atoms with Gasteiger partial charge in [-0.15, -0.1) is 0 Å². The monoisotopic (exact) mass is 287 g/mol. The Balaban J connectivity index is 0.00000180. The van der Waals surface area contributed by atoms with Crippen molar-refractivity contribution < 1.29 is 14.7 Å². The number of carbonyl (C=O) groups is 2. The van der Waals surface area contributed by atoms with Crippen LogP contribution in [0.25, 0.3) is 0 Å². The normalized spacial score (nSPS) is 25.3. The second-order valence-electron chi connectivity index (χ2n) is 5.57. The number of nitrogens with zero attached hydrogens (tertiary/aromatic N) is 1. The van der Waals surface area contributed by atoms with Crippen molar-refractivity contribution >= 4 is 25.4 Å². The lowest BCUT2D eigenvalue weighted by Crippen LogP contribution is -2.43. The molecule has 2 rings (SSSR count). The zero-order valence-electron chi connectivity index (χ0n) is 11.4. The van der Waals surface area contributed by atoms with Crippen molar-refractivity contribution in [2.45, 2.75) is 63.8 Å². The molecule has 1 saturated heterocycles. The average molecular weight is 287 g/mol. The highest BCUT2D eigenvalue weighted by atomic mass is 32.1. The van der Waals surface area contributed by atoms with E-state index in [1.165, 1.54) is 19.3 Å². The van der Waals surface area contributed by atoms with Crippen LogP contribution in [0.1, 0.15) is 57.8 Å². The third kappa shape index (κ3) is 4.13. The van der Waals surface area contributed by atoms with Gasteiger partial charge >= 0.3 is 5.97 Å². The molecule has 1 saturated carbocycles. The van der Waals surface area contributed by atoms with Crippen LogP contribution in [0.5, 0.6) is 0 Å². The second-order valence-corrected chi connectivity index (χ2v) is 5.57. The molecule has 19 heavy (non-hydrogen) atoms. The van der Waals surface area contributed by atoms with E-state index in [1.54, 1.807) is 4.90 Å². The van der Waals surface area contributed by atoms with Crippen molar-refractivity contribution in [3.05, 3.63) is 0 Å². The van der Waals surface area contributed by atoms with Gasteiger partial charge in [0, 0.05) is 12.5 Å². The summed E-state index contributed by atoms with van der Waals surface area (Å²) in [5, 5.41) is 9.14. The summed E-state index contributed by atoms with van der Waals surface area (Å²) in [4.78, 5) is 25.2. The van der Waals surface area contributed by atoms with Crippen molar-refractivity contribution in [2.75, 3.05) is 6.54 Å². The van der Waals surface area contributed by atoms with Gasteiger partial charge in [-0.25, -0.2) is 4.79 Å². The summed E-state index contributed by atoms with van der Waals surface area (Å²) in [7, 11) is 0. The van der Waals surface area contributed by atoms with Gasteiger partial charge in [0.25, 0.3) is 0 Å². The maximum atomic E-state index is 12.4. The molecule has 0 bridgehead atoms. The molecule has 1 amide bonds. The number of aliphatic carboxylic acids is 1. The van der Waals surface area contributed by atoms with E-state index in [0.29, 0.717) is 13.0 Å². The smallest absolute Gasteiger partial charge is 0.326 e. The van der Waals surface area contributed by atoms with Crippen molar-refractivity contribution in [3.8, 4) is 0 Å². The predicted molar refractivity (Wildman–Crippen MR) is 78.6 cm³/mol. The minimum Gasteiger partial charge on any atom is -0.480 e. The predicted octanol–water partition coefficient (Wildman–Crippen LogP) is 2.54. The summed E-state index contributed by atoms with van der Waals surface area (Å²) in [6.45, 7) is 0.631. The quantitative estimate of drug-likeness (QED) is 0.849. The van der Waals surface area contributed by atoms with Crippen LogP contribution in [0.3, 0.4) is 0 Å². The molecule has 1 aliphatic heterocycles. The summed E-state index contributed by atoms with van der Waals surface area (Å²) < 4.78 is 0. The highest BCUT2D eigenvalue weighted by molar-refractivity contribution is 7.59. The molecule has 5 heteroatoms. The van der Waals surface area contributed by atoms with Gasteiger partial charge in [0.05, 0.1) is 0 Å². The van der Waals surface area contributed by atoms with Crippen molar-refractivity contribution in [3.63, 3.8) is 0 Å². The average Bonchev–Trinajstić information content (AvgIpc) is 2.76. The molecule has 0 aromatic carbocycles. The van der Waals surface area contributed by atoms with Crippen LogP contribution < -0.4 is 0 Å². The lowest BCUT2D eigenvalue weighted by Gasteiger charge is -2.27. The number of likely N-dealkylation sites (tertiary alicyclic amines) is 1. The maximum Gasteiger partial charge on any atom is 0.326 e. The summed E-state index contributed by atoms with van der Waals surface area (Å²) in [5.41, 5.74) is 0. The molecule has 2 aliphatic rings. The second kappa shape index (κ2) is 7.78. The van der Waals surface area contributed by atoms with Crippen LogP contribution in [0, 0.1) is 5.92 Å². The van der Waals surface area contributed by atoms with Gasteiger partial charge in [0.15, 0.2) is 0 Å². The molecule has 0 spiro atoms. The lowest BCUT2D eigenvalue weighted by atomic mass is 9.90. The Labute approximate surface area is 122 Å². The standard InChI is InChI=1S/C14H23NO3.H2S/c16-13(11-7-4-2-1-3-5-8-11)15-10-6-9-12(15)14(17)18;/h11-12H,1-10H2,(H,17,18);1H2. The number of hydrogen-bond acceptors (Lipinski definition) is 2. The van der Waals surface area contributed by atoms with E-state index in [9.17, 15) is 9.59 Å². The zero-order valence-corrected chi connectivity index (χ0v) is 12.4. The Hall–Kier alpha value is -0.710. The number of carboxylic acids is 1. The molecule has 1 heterocycles. The fraction of sp³-hybridized carbons (Fsp3) is 0.857. The maximum absolute atomic E-state index is 12.4. The van der Waals surface area contributed by atoms with Crippen LogP contribution in [0.2, 0.25) is 0 Å². The van der Waals surface area contributed by atoms with Gasteiger partial charge in [-0.05, 0) is 25.7 Å². The van der Waals surface area contributed by atoms with E-state index in [0.717, 1.165) is 32.1 Å². The summed E-state index contributed by atoms with van der Waals surface area (Å²) in [6.07, 6.45) is 9.27. The number of carbonyl (C=O) groups excluding carboxylic acids is 1.